The fourth-order valence-corrected chi connectivity index (χ4v) is 2.22. The lowest BCUT2D eigenvalue weighted by Gasteiger charge is -2.19. The summed E-state index contributed by atoms with van der Waals surface area (Å²) < 4.78 is 10.9. The monoisotopic (exact) mass is 306 g/mol. The van der Waals surface area contributed by atoms with Crippen LogP contribution in [0.25, 0.3) is 11.3 Å². The van der Waals surface area contributed by atoms with Crippen LogP contribution in [0.2, 0.25) is 5.02 Å². The van der Waals surface area contributed by atoms with E-state index in [1.807, 2.05) is 0 Å². The molecule has 6 nitrogen and oxygen atoms in total. The first-order valence-electron chi connectivity index (χ1n) is 6.15. The number of ether oxygens (including phenoxy) is 2. The van der Waals surface area contributed by atoms with E-state index in [0.29, 0.717) is 36.0 Å². The summed E-state index contributed by atoms with van der Waals surface area (Å²) in [5, 5.41) is 9.04. The van der Waals surface area contributed by atoms with Crippen molar-refractivity contribution >= 4 is 23.3 Å². The van der Waals surface area contributed by atoms with Gasteiger partial charge in [0.1, 0.15) is 13.2 Å². The summed E-state index contributed by atoms with van der Waals surface area (Å²) >= 11 is 5.85. The van der Waals surface area contributed by atoms with Gasteiger partial charge in [-0.15, -0.1) is 0 Å². The van der Waals surface area contributed by atoms with Crippen LogP contribution in [0.1, 0.15) is 10.5 Å². The van der Waals surface area contributed by atoms with Crippen molar-refractivity contribution in [2.75, 3.05) is 18.9 Å². The largest absolute Gasteiger partial charge is 0.486 e. The summed E-state index contributed by atoms with van der Waals surface area (Å²) in [5.41, 5.74) is 6.71. The standard InChI is InChI=1S/C14H11ClN2O4/c15-12-8(16)6-9(17-13(12)14(18)19)7-1-2-10-11(5-7)21-4-3-20-10/h1-2,5-6H,3-4H2,(H2,16,17)(H,18,19). The van der Waals surface area contributed by atoms with Crippen LogP contribution in [-0.4, -0.2) is 29.3 Å². The van der Waals surface area contributed by atoms with E-state index in [0.717, 1.165) is 0 Å². The van der Waals surface area contributed by atoms with Crippen molar-refractivity contribution in [1.82, 2.24) is 4.98 Å². The van der Waals surface area contributed by atoms with Crippen LogP contribution < -0.4 is 15.2 Å². The lowest BCUT2D eigenvalue weighted by molar-refractivity contribution is 0.0691. The van der Waals surface area contributed by atoms with Crippen LogP contribution >= 0.6 is 11.6 Å². The minimum Gasteiger partial charge on any atom is -0.486 e. The summed E-state index contributed by atoms with van der Waals surface area (Å²) in [7, 11) is 0. The molecule has 3 N–H and O–H groups in total. The SMILES string of the molecule is Nc1cc(-c2ccc3c(c2)OCCO3)nc(C(=O)O)c1Cl. The number of anilines is 1. The van der Waals surface area contributed by atoms with E-state index in [1.165, 1.54) is 6.07 Å². The molecule has 1 aromatic heterocycles. The molecule has 7 heteroatoms. The molecule has 21 heavy (non-hydrogen) atoms. The molecule has 0 atom stereocenters. The molecule has 108 valence electrons. The van der Waals surface area contributed by atoms with Crippen molar-refractivity contribution in [1.29, 1.82) is 0 Å². The number of aromatic nitrogens is 1. The molecule has 0 saturated carbocycles. The molecule has 0 bridgehead atoms. The van der Waals surface area contributed by atoms with Gasteiger partial charge >= 0.3 is 5.97 Å². The zero-order chi connectivity index (χ0) is 15.0. The van der Waals surface area contributed by atoms with Crippen LogP contribution in [0.3, 0.4) is 0 Å². The molecular formula is C14H11ClN2O4. The first kappa shape index (κ1) is 13.5. The summed E-state index contributed by atoms with van der Waals surface area (Å²) in [5.74, 6) is 0.00225. The van der Waals surface area contributed by atoms with Crippen molar-refractivity contribution in [3.05, 3.63) is 35.0 Å². The van der Waals surface area contributed by atoms with Gasteiger partial charge in [0, 0.05) is 5.56 Å². The number of nitrogen functional groups attached to an aromatic ring is 1. The number of carboxylic acids is 1. The van der Waals surface area contributed by atoms with E-state index in [2.05, 4.69) is 4.98 Å². The molecule has 0 radical (unpaired) electrons. The van der Waals surface area contributed by atoms with Crippen molar-refractivity contribution in [3.8, 4) is 22.8 Å². The average Bonchev–Trinajstić information content (AvgIpc) is 2.49. The molecule has 0 fully saturated rings. The van der Waals surface area contributed by atoms with Crippen LogP contribution in [0.15, 0.2) is 24.3 Å². The number of carbonyl (C=O) groups is 1. The Morgan fingerprint density at radius 2 is 1.95 bits per heavy atom. The number of pyridine rings is 1. The average molecular weight is 307 g/mol. The topological polar surface area (TPSA) is 94.7 Å². The zero-order valence-electron chi connectivity index (χ0n) is 10.8. The van der Waals surface area contributed by atoms with Crippen molar-refractivity contribution < 1.29 is 19.4 Å². The summed E-state index contributed by atoms with van der Waals surface area (Å²) in [6, 6.07) is 6.77. The number of benzene rings is 1. The highest BCUT2D eigenvalue weighted by molar-refractivity contribution is 6.35. The molecule has 2 heterocycles. The number of rotatable bonds is 2. The molecule has 2 aromatic rings. The predicted molar refractivity (Wildman–Crippen MR) is 77.0 cm³/mol. The van der Waals surface area contributed by atoms with Gasteiger partial charge in [-0.25, -0.2) is 9.78 Å². The molecule has 0 unspecified atom stereocenters. The van der Waals surface area contributed by atoms with E-state index in [-0.39, 0.29) is 16.4 Å². The van der Waals surface area contributed by atoms with Gasteiger partial charge in [-0.1, -0.05) is 11.6 Å². The van der Waals surface area contributed by atoms with E-state index < -0.39 is 5.97 Å². The quantitative estimate of drug-likeness (QED) is 0.885. The number of halogens is 1. The van der Waals surface area contributed by atoms with Gasteiger partial charge in [-0.3, -0.25) is 0 Å². The molecule has 0 aliphatic carbocycles. The maximum absolute atomic E-state index is 11.1. The second kappa shape index (κ2) is 5.14. The summed E-state index contributed by atoms with van der Waals surface area (Å²) in [4.78, 5) is 15.2. The Kier molecular flexibility index (Phi) is 3.31. The first-order chi connectivity index (χ1) is 10.1. The molecule has 3 rings (SSSR count). The number of aromatic carboxylic acids is 1. The van der Waals surface area contributed by atoms with E-state index in [9.17, 15) is 4.79 Å². The number of hydrogen-bond donors (Lipinski definition) is 2. The summed E-state index contributed by atoms with van der Waals surface area (Å²) in [6.07, 6.45) is 0. The Morgan fingerprint density at radius 1 is 1.24 bits per heavy atom. The summed E-state index contributed by atoms with van der Waals surface area (Å²) in [6.45, 7) is 0.967. The third kappa shape index (κ3) is 2.45. The van der Waals surface area contributed by atoms with Gasteiger partial charge < -0.3 is 20.3 Å². The highest BCUT2D eigenvalue weighted by Crippen LogP contribution is 2.35. The second-order valence-corrected chi connectivity index (χ2v) is 4.80. The minimum absolute atomic E-state index is 0.0659. The Bertz CT molecular complexity index is 733. The predicted octanol–water partition coefficient (Wildman–Crippen LogP) is 2.45. The lowest BCUT2D eigenvalue weighted by Crippen LogP contribution is -2.15. The molecule has 1 aliphatic rings. The number of hydrogen-bond acceptors (Lipinski definition) is 5. The number of carboxylic acid groups (broad SMARTS) is 1. The van der Waals surface area contributed by atoms with Gasteiger partial charge in [0.25, 0.3) is 0 Å². The second-order valence-electron chi connectivity index (χ2n) is 4.42. The van der Waals surface area contributed by atoms with Gasteiger partial charge in [0.15, 0.2) is 17.2 Å². The smallest absolute Gasteiger partial charge is 0.356 e. The molecule has 0 spiro atoms. The van der Waals surface area contributed by atoms with E-state index in [1.54, 1.807) is 18.2 Å². The van der Waals surface area contributed by atoms with Crippen LogP contribution in [0, 0.1) is 0 Å². The third-order valence-electron chi connectivity index (χ3n) is 3.03. The normalized spacial score (nSPS) is 13.0. The maximum Gasteiger partial charge on any atom is 0.356 e. The highest BCUT2D eigenvalue weighted by Gasteiger charge is 2.18. The fourth-order valence-electron chi connectivity index (χ4n) is 2.04. The van der Waals surface area contributed by atoms with Crippen molar-refractivity contribution in [2.24, 2.45) is 0 Å². The Balaban J connectivity index is 2.10. The molecule has 1 aliphatic heterocycles. The Hall–Kier alpha value is -2.47. The van der Waals surface area contributed by atoms with Crippen LogP contribution in [0.5, 0.6) is 11.5 Å². The molecule has 0 saturated heterocycles. The molecule has 1 aromatic carbocycles. The number of nitrogens with zero attached hydrogens (tertiary/aromatic N) is 1. The van der Waals surface area contributed by atoms with Crippen LogP contribution in [0.4, 0.5) is 5.69 Å². The number of fused-ring (bicyclic) bond motifs is 1. The fraction of sp³-hybridized carbons (Fsp3) is 0.143. The Morgan fingerprint density at radius 3 is 2.67 bits per heavy atom. The molecular weight excluding hydrogens is 296 g/mol. The number of nitrogens with two attached hydrogens (primary N) is 1. The van der Waals surface area contributed by atoms with Gasteiger partial charge in [0.05, 0.1) is 16.4 Å². The van der Waals surface area contributed by atoms with E-state index >= 15 is 0 Å². The highest BCUT2D eigenvalue weighted by atomic mass is 35.5. The van der Waals surface area contributed by atoms with E-state index in [4.69, 9.17) is 31.9 Å². The van der Waals surface area contributed by atoms with Gasteiger partial charge in [-0.05, 0) is 24.3 Å². The minimum atomic E-state index is -1.23. The Labute approximate surface area is 125 Å². The van der Waals surface area contributed by atoms with Crippen molar-refractivity contribution in [2.45, 2.75) is 0 Å². The molecule has 0 amide bonds. The first-order valence-corrected chi connectivity index (χ1v) is 6.53. The van der Waals surface area contributed by atoms with Gasteiger partial charge in [0.2, 0.25) is 0 Å². The van der Waals surface area contributed by atoms with Crippen LogP contribution in [-0.2, 0) is 0 Å². The van der Waals surface area contributed by atoms with Crippen molar-refractivity contribution in [3.63, 3.8) is 0 Å². The third-order valence-corrected chi connectivity index (χ3v) is 3.42. The lowest BCUT2D eigenvalue weighted by atomic mass is 10.1. The van der Waals surface area contributed by atoms with Gasteiger partial charge in [-0.2, -0.15) is 0 Å². The maximum atomic E-state index is 11.1. The zero-order valence-corrected chi connectivity index (χ0v) is 11.6.